The summed E-state index contributed by atoms with van der Waals surface area (Å²) in [6, 6.07) is 0. The van der Waals surface area contributed by atoms with Crippen molar-refractivity contribution in [3.05, 3.63) is 0 Å². The van der Waals surface area contributed by atoms with Gasteiger partial charge in [-0.25, -0.2) is 4.79 Å². The van der Waals surface area contributed by atoms with E-state index in [-0.39, 0.29) is 46.1 Å². The van der Waals surface area contributed by atoms with E-state index in [4.69, 9.17) is 0 Å². The number of Topliss-reactive ketones (excluding diaryl/α,β-unsaturated/α-hetero) is 2. The van der Waals surface area contributed by atoms with Gasteiger partial charge in [-0.1, -0.05) is 13.8 Å². The fourth-order valence-electron chi connectivity index (χ4n) is 0.884. The van der Waals surface area contributed by atoms with E-state index in [1.807, 2.05) is 13.8 Å². The molecule has 0 saturated carbocycles. The molecular formula is C14H24O7Ti. The molecule has 0 aliphatic heterocycles. The summed E-state index contributed by atoms with van der Waals surface area (Å²) in [6.07, 6.45) is -0.327. The van der Waals surface area contributed by atoms with Gasteiger partial charge in [0.25, 0.3) is 0 Å². The summed E-state index contributed by atoms with van der Waals surface area (Å²) in [5.41, 5.74) is 0. The molecule has 126 valence electrons. The van der Waals surface area contributed by atoms with Gasteiger partial charge in [0, 0.05) is 21.7 Å². The normalized spacial score (nSPS) is 9.00. The number of hydrogen-bond donors (Lipinski definition) is 0. The molecule has 0 aromatic carbocycles. The molecule has 0 amide bonds. The van der Waals surface area contributed by atoms with Crippen LogP contribution < -0.4 is 0 Å². The fraction of sp³-hybridized carbons (Fsp3) is 0.714. The first-order valence-corrected chi connectivity index (χ1v) is 6.65. The molecule has 0 heterocycles. The molecule has 0 saturated heterocycles. The van der Waals surface area contributed by atoms with Crippen LogP contribution in [0, 0.1) is 5.92 Å². The number of rotatable bonds is 8. The predicted octanol–water partition coefficient (Wildman–Crippen LogP) is 1.62. The average Bonchev–Trinajstić information content (AvgIpc) is 2.27. The van der Waals surface area contributed by atoms with Gasteiger partial charge in [-0.3, -0.25) is 19.3 Å². The summed E-state index contributed by atoms with van der Waals surface area (Å²) in [5, 5.41) is 0. The van der Waals surface area contributed by atoms with Crippen LogP contribution in [0.25, 0.3) is 0 Å². The Morgan fingerprint density at radius 3 is 1.73 bits per heavy atom. The summed E-state index contributed by atoms with van der Waals surface area (Å²) < 4.78 is 4.49. The van der Waals surface area contributed by atoms with Crippen molar-refractivity contribution in [1.29, 1.82) is 0 Å². The molecule has 0 aromatic rings. The fourth-order valence-corrected chi connectivity index (χ4v) is 0.884. The van der Waals surface area contributed by atoms with Gasteiger partial charge in [0.1, 0.15) is 24.4 Å². The van der Waals surface area contributed by atoms with E-state index >= 15 is 0 Å². The maximum atomic E-state index is 10.7. The Labute approximate surface area is 145 Å². The number of ether oxygens (including phenoxy) is 1. The summed E-state index contributed by atoms with van der Waals surface area (Å²) in [7, 11) is 0. The third-order valence-electron chi connectivity index (χ3n) is 1.65. The molecule has 8 heteroatoms. The van der Waals surface area contributed by atoms with Gasteiger partial charge in [0.2, 0.25) is 0 Å². The van der Waals surface area contributed by atoms with Crippen molar-refractivity contribution in [2.24, 2.45) is 5.92 Å². The second kappa shape index (κ2) is 16.3. The van der Waals surface area contributed by atoms with Crippen LogP contribution in [-0.4, -0.2) is 36.7 Å². The van der Waals surface area contributed by atoms with E-state index in [9.17, 15) is 19.2 Å². The van der Waals surface area contributed by atoms with E-state index in [0.29, 0.717) is 19.1 Å². The number of carbonyl (C=O) groups excluding carboxylic acids is 4. The van der Waals surface area contributed by atoms with Crippen LogP contribution in [-0.2, 0) is 55.4 Å². The molecular weight excluding hydrogens is 328 g/mol. The molecule has 7 nitrogen and oxygen atoms in total. The van der Waals surface area contributed by atoms with E-state index in [1.165, 1.54) is 13.8 Å². The van der Waals surface area contributed by atoms with E-state index in [0.717, 1.165) is 0 Å². The molecule has 0 N–H and O–H groups in total. The molecule has 0 bridgehead atoms. The Morgan fingerprint density at radius 2 is 1.36 bits per heavy atom. The standard InChI is InChI=1S/C8H14O4.C6H10O3.Ti/c1-6(2)5-11-12-8(10)4-7(3)9;1-3-9-6(8)4-5(2)7;/h6H,4-5H2,1-3H3;3-4H2,1-2H3;. The zero-order chi connectivity index (χ0) is 16.8. The number of hydrogen-bond acceptors (Lipinski definition) is 7. The summed E-state index contributed by atoms with van der Waals surface area (Å²) in [4.78, 5) is 50.6. The van der Waals surface area contributed by atoms with Gasteiger partial charge in [0.05, 0.1) is 13.2 Å². The van der Waals surface area contributed by atoms with Gasteiger partial charge in [-0.05, 0) is 26.7 Å². The first-order valence-electron chi connectivity index (χ1n) is 6.65. The third kappa shape index (κ3) is 24.0. The molecule has 0 radical (unpaired) electrons. The second-order valence-corrected chi connectivity index (χ2v) is 4.70. The van der Waals surface area contributed by atoms with Crippen molar-refractivity contribution < 1.29 is 55.4 Å². The minimum Gasteiger partial charge on any atom is -0.466 e. The zero-order valence-corrected chi connectivity index (χ0v) is 15.3. The Balaban J connectivity index is -0.000000326. The van der Waals surface area contributed by atoms with Crippen LogP contribution in [0.3, 0.4) is 0 Å². The van der Waals surface area contributed by atoms with Crippen LogP contribution in [0.2, 0.25) is 0 Å². The van der Waals surface area contributed by atoms with Crippen molar-refractivity contribution >= 4 is 23.5 Å². The maximum absolute atomic E-state index is 10.7. The van der Waals surface area contributed by atoms with E-state index in [1.54, 1.807) is 6.92 Å². The van der Waals surface area contributed by atoms with Crippen molar-refractivity contribution in [3.63, 3.8) is 0 Å². The van der Waals surface area contributed by atoms with Crippen LogP contribution >= 0.6 is 0 Å². The van der Waals surface area contributed by atoms with Crippen molar-refractivity contribution in [2.75, 3.05) is 13.2 Å². The molecule has 0 aromatic heterocycles. The average molecular weight is 352 g/mol. The van der Waals surface area contributed by atoms with Crippen LogP contribution in [0.5, 0.6) is 0 Å². The predicted molar refractivity (Wildman–Crippen MR) is 74.1 cm³/mol. The minimum absolute atomic E-state index is 0. The summed E-state index contributed by atoms with van der Waals surface area (Å²) >= 11 is 0. The number of esters is 1. The van der Waals surface area contributed by atoms with E-state index in [2.05, 4.69) is 14.5 Å². The molecule has 0 atom stereocenters. The van der Waals surface area contributed by atoms with Crippen LogP contribution in [0.15, 0.2) is 0 Å². The molecule has 0 rings (SSSR count). The summed E-state index contributed by atoms with van der Waals surface area (Å²) in [5.74, 6) is -1.16. The Hall–Kier alpha value is -1.05. The quantitative estimate of drug-likeness (QED) is 0.215. The maximum Gasteiger partial charge on any atom is 0.349 e. The largest absolute Gasteiger partial charge is 0.466 e. The first-order chi connectivity index (χ1) is 9.68. The van der Waals surface area contributed by atoms with Gasteiger partial charge in [-0.2, -0.15) is 4.89 Å². The topological polar surface area (TPSA) is 96.0 Å². The number of carbonyl (C=O) groups is 4. The van der Waals surface area contributed by atoms with E-state index < -0.39 is 11.9 Å². The first kappa shape index (κ1) is 25.9. The van der Waals surface area contributed by atoms with Crippen LogP contribution in [0.1, 0.15) is 47.5 Å². The van der Waals surface area contributed by atoms with Crippen molar-refractivity contribution in [3.8, 4) is 0 Å². The molecule has 0 fully saturated rings. The molecule has 22 heavy (non-hydrogen) atoms. The SMILES string of the molecule is CC(=O)CC(=O)OOCC(C)C.CCOC(=O)CC(C)=O.[Ti]. The second-order valence-electron chi connectivity index (χ2n) is 4.70. The Bertz CT molecular complexity index is 353. The van der Waals surface area contributed by atoms with Crippen molar-refractivity contribution in [2.45, 2.75) is 47.5 Å². The molecule has 0 aliphatic rings. The monoisotopic (exact) mass is 352 g/mol. The molecule has 0 unspecified atom stereocenters. The molecule has 0 spiro atoms. The Morgan fingerprint density at radius 1 is 0.909 bits per heavy atom. The van der Waals surface area contributed by atoms with Gasteiger partial charge < -0.3 is 4.74 Å². The van der Waals surface area contributed by atoms with Gasteiger partial charge in [0.15, 0.2) is 0 Å². The minimum atomic E-state index is -0.636. The number of ketones is 2. The van der Waals surface area contributed by atoms with Gasteiger partial charge >= 0.3 is 11.9 Å². The summed E-state index contributed by atoms with van der Waals surface area (Å²) in [6.45, 7) is 8.94. The zero-order valence-electron chi connectivity index (χ0n) is 13.8. The van der Waals surface area contributed by atoms with Crippen LogP contribution in [0.4, 0.5) is 0 Å². The third-order valence-corrected chi connectivity index (χ3v) is 1.65. The molecule has 0 aliphatic carbocycles. The van der Waals surface area contributed by atoms with Crippen molar-refractivity contribution in [1.82, 2.24) is 0 Å². The van der Waals surface area contributed by atoms with Gasteiger partial charge in [-0.15, -0.1) is 0 Å². The Kier molecular flexibility index (Phi) is 19.2. The smallest absolute Gasteiger partial charge is 0.349 e.